The number of halogens is 3. The molecule has 0 unspecified atom stereocenters. The first-order valence-corrected chi connectivity index (χ1v) is 11.9. The molecule has 0 saturated heterocycles. The van der Waals surface area contributed by atoms with Gasteiger partial charge in [0.1, 0.15) is 5.75 Å². The van der Waals surface area contributed by atoms with Gasteiger partial charge >= 0.3 is 12.3 Å². The van der Waals surface area contributed by atoms with E-state index in [0.717, 1.165) is 42.6 Å². The average Bonchev–Trinajstić information content (AvgIpc) is 3.30. The molecule has 36 heavy (non-hydrogen) atoms. The van der Waals surface area contributed by atoms with E-state index >= 15 is 0 Å². The number of amides is 2. The van der Waals surface area contributed by atoms with Crippen molar-refractivity contribution in [3.8, 4) is 5.75 Å². The smallest absolute Gasteiger partial charge is 0.481 e. The molecule has 1 aliphatic carbocycles. The molecule has 2 aliphatic rings. The van der Waals surface area contributed by atoms with Crippen LogP contribution in [0.5, 0.6) is 5.75 Å². The van der Waals surface area contributed by atoms with Crippen LogP contribution in [-0.2, 0) is 9.59 Å². The van der Waals surface area contributed by atoms with Gasteiger partial charge in [-0.15, -0.1) is 13.2 Å². The Bertz CT molecular complexity index is 1120. The summed E-state index contributed by atoms with van der Waals surface area (Å²) in [5.74, 6) is -1.74. The fourth-order valence-corrected chi connectivity index (χ4v) is 5.36. The summed E-state index contributed by atoms with van der Waals surface area (Å²) in [5.41, 5.74) is 1.92. The van der Waals surface area contributed by atoms with Crippen molar-refractivity contribution in [3.63, 3.8) is 0 Å². The van der Waals surface area contributed by atoms with Gasteiger partial charge < -0.3 is 20.1 Å². The van der Waals surface area contributed by atoms with Crippen LogP contribution in [0.2, 0.25) is 0 Å². The first kappa shape index (κ1) is 25.5. The molecular formula is C26H27F3N2O5. The van der Waals surface area contributed by atoms with Gasteiger partial charge in [-0.05, 0) is 61.1 Å². The van der Waals surface area contributed by atoms with E-state index in [-0.39, 0.29) is 54.5 Å². The number of aliphatic carboxylic acids is 1. The van der Waals surface area contributed by atoms with Crippen molar-refractivity contribution in [1.82, 2.24) is 5.32 Å². The van der Waals surface area contributed by atoms with E-state index in [1.165, 1.54) is 12.1 Å². The number of carbonyl (C=O) groups is 3. The van der Waals surface area contributed by atoms with Crippen LogP contribution in [0.15, 0.2) is 48.5 Å². The second-order valence-corrected chi connectivity index (χ2v) is 9.13. The Kier molecular flexibility index (Phi) is 7.51. The average molecular weight is 505 g/mol. The lowest BCUT2D eigenvalue weighted by Gasteiger charge is -2.44. The van der Waals surface area contributed by atoms with Crippen LogP contribution in [0.1, 0.15) is 60.4 Å². The van der Waals surface area contributed by atoms with Crippen molar-refractivity contribution in [2.45, 2.75) is 56.8 Å². The Labute approximate surface area is 206 Å². The summed E-state index contributed by atoms with van der Waals surface area (Å²) in [6.07, 6.45) is -1.91. The van der Waals surface area contributed by atoms with Gasteiger partial charge in [-0.3, -0.25) is 14.4 Å². The third-order valence-corrected chi connectivity index (χ3v) is 6.84. The van der Waals surface area contributed by atoms with E-state index in [1.807, 2.05) is 24.3 Å². The van der Waals surface area contributed by atoms with Crippen molar-refractivity contribution in [2.24, 2.45) is 5.92 Å². The van der Waals surface area contributed by atoms with Crippen molar-refractivity contribution >= 4 is 23.5 Å². The highest BCUT2D eigenvalue weighted by molar-refractivity contribution is 6.07. The molecule has 2 aromatic rings. The number of carboxylic acids is 1. The fraction of sp³-hybridized carbons (Fsp3) is 0.423. The van der Waals surface area contributed by atoms with Crippen LogP contribution >= 0.6 is 0 Å². The molecule has 10 heteroatoms. The summed E-state index contributed by atoms with van der Waals surface area (Å²) in [6, 6.07) is 12.3. The number of ether oxygens (including phenoxy) is 1. The Balaban J connectivity index is 1.54. The first-order chi connectivity index (χ1) is 17.1. The number of alkyl halides is 3. The maximum Gasteiger partial charge on any atom is 0.573 e. The van der Waals surface area contributed by atoms with Gasteiger partial charge in [-0.1, -0.05) is 24.6 Å². The summed E-state index contributed by atoms with van der Waals surface area (Å²) < 4.78 is 41.4. The maximum atomic E-state index is 13.6. The second-order valence-electron chi connectivity index (χ2n) is 9.13. The summed E-state index contributed by atoms with van der Waals surface area (Å²) in [6.45, 7) is 0.385. The second kappa shape index (κ2) is 10.6. The molecule has 2 N–H and O–H groups in total. The number of carboxylic acid groups (broad SMARTS) is 1. The molecule has 0 spiro atoms. The van der Waals surface area contributed by atoms with Crippen molar-refractivity contribution in [1.29, 1.82) is 0 Å². The highest BCUT2D eigenvalue weighted by atomic mass is 19.4. The zero-order valence-corrected chi connectivity index (χ0v) is 19.5. The molecule has 2 aromatic carbocycles. The lowest BCUT2D eigenvalue weighted by Crippen LogP contribution is -2.49. The van der Waals surface area contributed by atoms with E-state index in [0.29, 0.717) is 6.54 Å². The number of nitrogens with zero attached hydrogens (tertiary/aromatic N) is 1. The van der Waals surface area contributed by atoms with E-state index in [9.17, 15) is 27.6 Å². The highest BCUT2D eigenvalue weighted by Crippen LogP contribution is 2.49. The highest BCUT2D eigenvalue weighted by Gasteiger charge is 2.45. The van der Waals surface area contributed by atoms with Crippen LogP contribution in [0.25, 0.3) is 0 Å². The predicted octanol–water partition coefficient (Wildman–Crippen LogP) is 4.87. The number of hydrogen-bond acceptors (Lipinski definition) is 4. The van der Waals surface area contributed by atoms with Crippen molar-refractivity contribution < 1.29 is 37.4 Å². The van der Waals surface area contributed by atoms with E-state index < -0.39 is 18.1 Å². The summed E-state index contributed by atoms with van der Waals surface area (Å²) >= 11 is 0. The van der Waals surface area contributed by atoms with Crippen molar-refractivity contribution in [3.05, 3.63) is 59.7 Å². The number of hydrogen-bond donors (Lipinski definition) is 2. The quantitative estimate of drug-likeness (QED) is 0.535. The molecule has 1 aliphatic heterocycles. The monoisotopic (exact) mass is 504 g/mol. The van der Waals surface area contributed by atoms with Crippen LogP contribution in [0, 0.1) is 5.92 Å². The maximum absolute atomic E-state index is 13.6. The number of carbonyl (C=O) groups excluding carboxylic acids is 2. The third kappa shape index (κ3) is 5.80. The number of fused-ring (bicyclic) bond motifs is 2. The molecular weight excluding hydrogens is 477 g/mol. The van der Waals surface area contributed by atoms with Crippen LogP contribution in [-0.4, -0.2) is 41.8 Å². The molecule has 0 bridgehead atoms. The first-order valence-electron chi connectivity index (χ1n) is 11.9. The molecule has 1 fully saturated rings. The van der Waals surface area contributed by atoms with Gasteiger partial charge in [0, 0.05) is 42.6 Å². The molecule has 2 amide bonds. The summed E-state index contributed by atoms with van der Waals surface area (Å²) in [7, 11) is 0. The summed E-state index contributed by atoms with van der Waals surface area (Å²) in [5, 5.41) is 11.7. The molecule has 4 rings (SSSR count). The summed E-state index contributed by atoms with van der Waals surface area (Å²) in [4.78, 5) is 38.3. The van der Waals surface area contributed by atoms with Crippen LogP contribution in [0.4, 0.5) is 18.9 Å². The van der Waals surface area contributed by atoms with E-state index in [1.54, 1.807) is 4.90 Å². The Morgan fingerprint density at radius 2 is 1.75 bits per heavy atom. The van der Waals surface area contributed by atoms with Gasteiger partial charge in [-0.2, -0.15) is 0 Å². The third-order valence-electron chi connectivity index (χ3n) is 6.84. The number of para-hydroxylation sites is 1. The van der Waals surface area contributed by atoms with Gasteiger partial charge in [0.2, 0.25) is 5.91 Å². The normalized spacial score (nSPS) is 20.9. The molecule has 192 valence electrons. The van der Waals surface area contributed by atoms with E-state index in [4.69, 9.17) is 5.11 Å². The molecule has 7 nitrogen and oxygen atoms in total. The molecule has 1 saturated carbocycles. The predicted molar refractivity (Wildman–Crippen MR) is 125 cm³/mol. The largest absolute Gasteiger partial charge is 0.573 e. The fourth-order valence-electron chi connectivity index (χ4n) is 5.36. The number of benzene rings is 2. The van der Waals surface area contributed by atoms with Crippen LogP contribution in [0.3, 0.4) is 0 Å². The Hall–Kier alpha value is -3.56. The molecule has 1 heterocycles. The minimum Gasteiger partial charge on any atom is -0.481 e. The molecule has 0 aromatic heterocycles. The Morgan fingerprint density at radius 3 is 2.44 bits per heavy atom. The van der Waals surface area contributed by atoms with Gasteiger partial charge in [0.05, 0.1) is 0 Å². The number of nitrogens with one attached hydrogen (secondary N) is 1. The van der Waals surface area contributed by atoms with E-state index in [2.05, 4.69) is 10.1 Å². The lowest BCUT2D eigenvalue weighted by atomic mass is 9.77. The minimum absolute atomic E-state index is 0.0104. The lowest BCUT2D eigenvalue weighted by molar-refractivity contribution is -0.274. The van der Waals surface area contributed by atoms with Gasteiger partial charge in [-0.25, -0.2) is 0 Å². The van der Waals surface area contributed by atoms with Crippen molar-refractivity contribution in [2.75, 3.05) is 11.4 Å². The number of rotatable bonds is 8. The molecule has 3 atom stereocenters. The van der Waals surface area contributed by atoms with Gasteiger partial charge in [0.15, 0.2) is 0 Å². The zero-order valence-electron chi connectivity index (χ0n) is 19.5. The number of anilines is 1. The zero-order chi connectivity index (χ0) is 25.9. The molecule has 0 radical (unpaired) electrons. The van der Waals surface area contributed by atoms with Gasteiger partial charge in [0.25, 0.3) is 5.91 Å². The SMILES string of the molecule is O=C(O)CCCC(=O)NC[C@H]1c2ccccc2N(C(=O)c2ccc(OC(F)(F)F)cc2)[C@@H]2CCC[C@@H]21. The topological polar surface area (TPSA) is 95.9 Å². The van der Waals surface area contributed by atoms with Crippen LogP contribution < -0.4 is 15.0 Å². The Morgan fingerprint density at radius 1 is 1.03 bits per heavy atom. The minimum atomic E-state index is -4.81. The standard InChI is InChI=1S/C26H27F3N2O5/c27-26(28,29)36-17-13-11-16(12-14-17)25(35)31-21-7-2-1-5-18(21)20(19-6-3-8-22(19)31)15-30-23(32)9-4-10-24(33)34/h1-2,5,7,11-14,19-20,22H,3-4,6,8-10,15H2,(H,30,32)(H,33,34)/t19-,20+,22-/m1/s1.